The van der Waals surface area contributed by atoms with Gasteiger partial charge in [0.05, 0.1) is 17.2 Å². The Morgan fingerprint density at radius 3 is 2.75 bits per heavy atom. The maximum Gasteiger partial charge on any atom is 0.339 e. The average Bonchev–Trinajstić information content (AvgIpc) is 3.00. The van der Waals surface area contributed by atoms with E-state index in [-0.39, 0.29) is 29.6 Å². The van der Waals surface area contributed by atoms with Gasteiger partial charge in [0, 0.05) is 32.8 Å². The van der Waals surface area contributed by atoms with Crippen molar-refractivity contribution in [2.45, 2.75) is 13.5 Å². The summed E-state index contributed by atoms with van der Waals surface area (Å²) < 4.78 is 7.50. The standard InChI is InChI=1S/C20H16BrClN2O4/c1-2-28-20(27)16-8-14(4-5-17(16)22)23-19(26)10-24-9-12(11-25)15-7-13(21)3-6-18(15)24/h3-9,11H,2,10H2,1H3,(H,23,26). The molecule has 0 aliphatic rings. The first-order valence-corrected chi connectivity index (χ1v) is 9.60. The highest BCUT2D eigenvalue weighted by Crippen LogP contribution is 2.25. The summed E-state index contributed by atoms with van der Waals surface area (Å²) in [7, 11) is 0. The van der Waals surface area contributed by atoms with E-state index in [0.717, 1.165) is 21.7 Å². The molecule has 0 bridgehead atoms. The Kier molecular flexibility index (Phi) is 6.16. The molecule has 3 rings (SSSR count). The number of rotatable bonds is 6. The van der Waals surface area contributed by atoms with Crippen molar-refractivity contribution in [1.82, 2.24) is 4.57 Å². The number of anilines is 1. The van der Waals surface area contributed by atoms with E-state index in [9.17, 15) is 14.4 Å². The summed E-state index contributed by atoms with van der Waals surface area (Å²) >= 11 is 9.42. The van der Waals surface area contributed by atoms with Gasteiger partial charge in [-0.15, -0.1) is 0 Å². The van der Waals surface area contributed by atoms with Gasteiger partial charge < -0.3 is 14.6 Å². The number of hydrogen-bond acceptors (Lipinski definition) is 4. The van der Waals surface area contributed by atoms with Crippen LogP contribution in [0.4, 0.5) is 5.69 Å². The lowest BCUT2D eigenvalue weighted by Crippen LogP contribution is -2.18. The van der Waals surface area contributed by atoms with Crippen LogP contribution in [-0.4, -0.2) is 29.3 Å². The van der Waals surface area contributed by atoms with E-state index in [1.807, 2.05) is 18.2 Å². The largest absolute Gasteiger partial charge is 0.462 e. The van der Waals surface area contributed by atoms with Gasteiger partial charge in [-0.05, 0) is 43.3 Å². The number of nitrogens with zero attached hydrogens (tertiary/aromatic N) is 1. The third-order valence-corrected chi connectivity index (χ3v) is 4.88. The van der Waals surface area contributed by atoms with E-state index < -0.39 is 5.97 Å². The van der Waals surface area contributed by atoms with Gasteiger partial charge in [-0.25, -0.2) is 4.79 Å². The van der Waals surface area contributed by atoms with Crippen molar-refractivity contribution in [2.75, 3.05) is 11.9 Å². The third kappa shape index (κ3) is 4.26. The van der Waals surface area contributed by atoms with E-state index in [1.165, 1.54) is 12.1 Å². The maximum atomic E-state index is 12.5. The van der Waals surface area contributed by atoms with Gasteiger partial charge in [0.25, 0.3) is 0 Å². The molecular weight excluding hydrogens is 448 g/mol. The zero-order valence-corrected chi connectivity index (χ0v) is 17.2. The Labute approximate surface area is 174 Å². The second-order valence-corrected chi connectivity index (χ2v) is 7.28. The summed E-state index contributed by atoms with van der Waals surface area (Å²) in [5, 5.41) is 3.74. The minimum Gasteiger partial charge on any atom is -0.462 e. The Morgan fingerprint density at radius 1 is 1.25 bits per heavy atom. The zero-order valence-electron chi connectivity index (χ0n) is 14.9. The molecule has 1 amide bonds. The first-order valence-electron chi connectivity index (χ1n) is 8.43. The number of aromatic nitrogens is 1. The highest BCUT2D eigenvalue weighted by atomic mass is 79.9. The summed E-state index contributed by atoms with van der Waals surface area (Å²) in [6.07, 6.45) is 2.39. The molecule has 0 unspecified atom stereocenters. The van der Waals surface area contributed by atoms with Crippen molar-refractivity contribution in [1.29, 1.82) is 0 Å². The molecule has 28 heavy (non-hydrogen) atoms. The second kappa shape index (κ2) is 8.58. The molecule has 1 heterocycles. The number of nitrogens with one attached hydrogen (secondary N) is 1. The molecule has 1 N–H and O–H groups in total. The van der Waals surface area contributed by atoms with Gasteiger partial charge >= 0.3 is 5.97 Å². The minimum atomic E-state index is -0.554. The quantitative estimate of drug-likeness (QED) is 0.425. The number of ether oxygens (including phenoxy) is 1. The van der Waals surface area contributed by atoms with Crippen molar-refractivity contribution in [3.8, 4) is 0 Å². The molecule has 6 nitrogen and oxygen atoms in total. The van der Waals surface area contributed by atoms with Crippen LogP contribution in [0, 0.1) is 0 Å². The Bertz CT molecular complexity index is 1080. The Hall–Kier alpha value is -2.64. The first-order chi connectivity index (χ1) is 13.4. The van der Waals surface area contributed by atoms with Crippen LogP contribution >= 0.6 is 27.5 Å². The molecule has 144 valence electrons. The van der Waals surface area contributed by atoms with Crippen molar-refractivity contribution in [3.63, 3.8) is 0 Å². The molecule has 1 aromatic heterocycles. The van der Waals surface area contributed by atoms with E-state index in [1.54, 1.807) is 23.8 Å². The second-order valence-electron chi connectivity index (χ2n) is 5.95. The van der Waals surface area contributed by atoms with Crippen LogP contribution in [0.5, 0.6) is 0 Å². The lowest BCUT2D eigenvalue weighted by molar-refractivity contribution is -0.116. The van der Waals surface area contributed by atoms with E-state index in [4.69, 9.17) is 16.3 Å². The monoisotopic (exact) mass is 462 g/mol. The highest BCUT2D eigenvalue weighted by Gasteiger charge is 2.15. The molecule has 0 radical (unpaired) electrons. The number of esters is 1. The Balaban J connectivity index is 1.82. The number of benzene rings is 2. The molecule has 3 aromatic rings. The number of fused-ring (bicyclic) bond motifs is 1. The summed E-state index contributed by atoms with van der Waals surface area (Å²) in [5.41, 5.74) is 1.87. The molecule has 0 saturated heterocycles. The number of carbonyl (C=O) groups is 3. The van der Waals surface area contributed by atoms with Gasteiger partial charge in [-0.3, -0.25) is 9.59 Å². The van der Waals surface area contributed by atoms with Crippen LogP contribution in [0.2, 0.25) is 5.02 Å². The van der Waals surface area contributed by atoms with Crippen molar-refractivity contribution >= 4 is 62.3 Å². The molecule has 0 aliphatic heterocycles. The van der Waals surface area contributed by atoms with Crippen LogP contribution in [0.1, 0.15) is 27.6 Å². The molecule has 0 aliphatic carbocycles. The van der Waals surface area contributed by atoms with Crippen molar-refractivity contribution < 1.29 is 19.1 Å². The van der Waals surface area contributed by atoms with Gasteiger partial charge in [-0.2, -0.15) is 0 Å². The maximum absolute atomic E-state index is 12.5. The molecule has 0 fully saturated rings. The summed E-state index contributed by atoms with van der Waals surface area (Å²) in [6.45, 7) is 1.93. The normalized spacial score (nSPS) is 10.7. The lowest BCUT2D eigenvalue weighted by Gasteiger charge is -2.10. The smallest absolute Gasteiger partial charge is 0.339 e. The number of carbonyl (C=O) groups excluding carboxylic acids is 3. The van der Waals surface area contributed by atoms with Gasteiger partial charge in [0.2, 0.25) is 5.91 Å². The number of amides is 1. The van der Waals surface area contributed by atoms with E-state index >= 15 is 0 Å². The fraction of sp³-hybridized carbons (Fsp3) is 0.150. The molecule has 2 aromatic carbocycles. The van der Waals surface area contributed by atoms with Crippen LogP contribution in [0.25, 0.3) is 10.9 Å². The fourth-order valence-corrected chi connectivity index (χ4v) is 3.40. The third-order valence-electron chi connectivity index (χ3n) is 4.06. The van der Waals surface area contributed by atoms with Crippen LogP contribution in [-0.2, 0) is 16.1 Å². The predicted molar refractivity (Wildman–Crippen MR) is 111 cm³/mol. The fourth-order valence-electron chi connectivity index (χ4n) is 2.85. The zero-order chi connectivity index (χ0) is 20.3. The molecule has 8 heteroatoms. The topological polar surface area (TPSA) is 77.4 Å². The predicted octanol–water partition coefficient (Wildman–Crippen LogP) is 4.69. The molecule has 0 saturated carbocycles. The number of aldehydes is 1. The average molecular weight is 464 g/mol. The summed E-state index contributed by atoms with van der Waals surface area (Å²) in [6, 6.07) is 10.1. The van der Waals surface area contributed by atoms with Crippen molar-refractivity contribution in [3.05, 3.63) is 63.2 Å². The van der Waals surface area contributed by atoms with Crippen LogP contribution < -0.4 is 5.32 Å². The molecule has 0 atom stereocenters. The number of hydrogen-bond donors (Lipinski definition) is 1. The minimum absolute atomic E-state index is 0.00331. The van der Waals surface area contributed by atoms with Gasteiger partial charge in [0.1, 0.15) is 6.54 Å². The van der Waals surface area contributed by atoms with Gasteiger partial charge in [0.15, 0.2) is 6.29 Å². The van der Waals surface area contributed by atoms with Crippen molar-refractivity contribution in [2.24, 2.45) is 0 Å². The van der Waals surface area contributed by atoms with Crippen LogP contribution in [0.3, 0.4) is 0 Å². The molecular formula is C20H16BrClN2O4. The molecule has 0 spiro atoms. The van der Waals surface area contributed by atoms with E-state index in [2.05, 4.69) is 21.2 Å². The highest BCUT2D eigenvalue weighted by molar-refractivity contribution is 9.10. The Morgan fingerprint density at radius 2 is 2.04 bits per heavy atom. The SMILES string of the molecule is CCOC(=O)c1cc(NC(=O)Cn2cc(C=O)c3cc(Br)ccc32)ccc1Cl. The first kappa shape index (κ1) is 20.1. The summed E-state index contributed by atoms with van der Waals surface area (Å²) in [5.74, 6) is -0.865. The number of halogens is 2. The lowest BCUT2D eigenvalue weighted by atomic mass is 10.2. The van der Waals surface area contributed by atoms with E-state index in [0.29, 0.717) is 11.3 Å². The van der Waals surface area contributed by atoms with Crippen LogP contribution in [0.15, 0.2) is 47.1 Å². The van der Waals surface area contributed by atoms with Gasteiger partial charge in [-0.1, -0.05) is 27.5 Å². The summed E-state index contributed by atoms with van der Waals surface area (Å²) in [4.78, 5) is 35.8.